The van der Waals surface area contributed by atoms with Crippen molar-refractivity contribution in [1.29, 1.82) is 0 Å². The van der Waals surface area contributed by atoms with Gasteiger partial charge in [-0.25, -0.2) is 9.97 Å². The second kappa shape index (κ2) is 11.5. The van der Waals surface area contributed by atoms with E-state index in [2.05, 4.69) is 15.3 Å². The minimum atomic E-state index is -0.305. The lowest BCUT2D eigenvalue weighted by atomic mass is 9.95. The van der Waals surface area contributed by atoms with Gasteiger partial charge in [-0.2, -0.15) is 0 Å². The molecule has 1 amide bonds. The van der Waals surface area contributed by atoms with Crippen LogP contribution < -0.4 is 20.5 Å². The summed E-state index contributed by atoms with van der Waals surface area (Å²) in [5.41, 5.74) is 11.0. The van der Waals surface area contributed by atoms with E-state index in [9.17, 15) is 4.79 Å². The monoisotopic (exact) mass is 522 g/mol. The minimum Gasteiger partial charge on any atom is -0.457 e. The number of nitrogens with zero attached hydrogens (tertiary/aromatic N) is 2. The number of anilines is 2. The van der Waals surface area contributed by atoms with Crippen LogP contribution >= 0.6 is 11.6 Å². The van der Waals surface area contributed by atoms with Gasteiger partial charge in [0.15, 0.2) is 0 Å². The highest BCUT2D eigenvalue weighted by Crippen LogP contribution is 2.43. The number of para-hydroxylation sites is 1. The Morgan fingerprint density at radius 1 is 0.842 bits per heavy atom. The van der Waals surface area contributed by atoms with Crippen LogP contribution in [0.5, 0.6) is 23.1 Å². The number of carbonyl (C=O) groups is 1. The Morgan fingerprint density at radius 3 is 2.37 bits per heavy atom. The zero-order valence-electron chi connectivity index (χ0n) is 20.2. The largest absolute Gasteiger partial charge is 0.457 e. The number of amides is 1. The van der Waals surface area contributed by atoms with Crippen LogP contribution in [0.4, 0.5) is 11.4 Å². The molecule has 0 saturated carbocycles. The molecule has 0 atom stereocenters. The van der Waals surface area contributed by atoms with Gasteiger partial charge in [0.1, 0.15) is 29.5 Å². The van der Waals surface area contributed by atoms with Gasteiger partial charge in [0, 0.05) is 29.1 Å². The number of rotatable bonds is 8. The van der Waals surface area contributed by atoms with Crippen molar-refractivity contribution in [3.63, 3.8) is 0 Å². The Hall–Kier alpha value is -4.88. The van der Waals surface area contributed by atoms with Gasteiger partial charge in [-0.3, -0.25) is 4.79 Å². The average molecular weight is 523 g/mol. The quantitative estimate of drug-likeness (QED) is 0.166. The molecule has 0 spiro atoms. The van der Waals surface area contributed by atoms with E-state index in [1.54, 1.807) is 18.3 Å². The van der Waals surface area contributed by atoms with Gasteiger partial charge in [0.2, 0.25) is 11.8 Å². The fourth-order valence-corrected chi connectivity index (χ4v) is 4.03. The summed E-state index contributed by atoms with van der Waals surface area (Å²) < 4.78 is 12.0. The number of benzene rings is 4. The number of carbonyl (C=O) groups excluding carboxylic acids is 1. The second-order valence-electron chi connectivity index (χ2n) is 8.25. The molecule has 0 aliphatic rings. The van der Waals surface area contributed by atoms with E-state index in [1.807, 2.05) is 84.9 Å². The minimum absolute atomic E-state index is 0.145. The van der Waals surface area contributed by atoms with E-state index in [0.29, 0.717) is 34.3 Å². The molecular formula is C30H23ClN4O3. The topological polar surface area (TPSA) is 99.4 Å². The van der Waals surface area contributed by atoms with Crippen LogP contribution in [0, 0.1) is 0 Å². The van der Waals surface area contributed by atoms with E-state index in [4.69, 9.17) is 26.8 Å². The van der Waals surface area contributed by atoms with Gasteiger partial charge in [-0.15, -0.1) is 11.6 Å². The average Bonchev–Trinajstić information content (AvgIpc) is 2.95. The predicted octanol–water partition coefficient (Wildman–Crippen LogP) is 7.15. The van der Waals surface area contributed by atoms with E-state index in [1.165, 1.54) is 6.33 Å². The molecule has 1 heterocycles. The molecule has 8 heteroatoms. The molecule has 0 aliphatic heterocycles. The Labute approximate surface area is 224 Å². The first-order valence-corrected chi connectivity index (χ1v) is 12.3. The van der Waals surface area contributed by atoms with Crippen molar-refractivity contribution < 1.29 is 14.3 Å². The number of nitrogens with two attached hydrogens (primary N) is 1. The van der Waals surface area contributed by atoms with Gasteiger partial charge in [0.05, 0.1) is 5.69 Å². The van der Waals surface area contributed by atoms with Gasteiger partial charge in [-0.1, -0.05) is 42.5 Å². The first kappa shape index (κ1) is 24.8. The summed E-state index contributed by atoms with van der Waals surface area (Å²) in [6.07, 6.45) is 3.01. The van der Waals surface area contributed by atoms with E-state index < -0.39 is 0 Å². The molecule has 38 heavy (non-hydrogen) atoms. The van der Waals surface area contributed by atoms with Crippen LogP contribution in [-0.4, -0.2) is 21.8 Å². The fraction of sp³-hybridized carbons (Fsp3) is 0.0333. The van der Waals surface area contributed by atoms with Crippen LogP contribution in [0.1, 0.15) is 0 Å². The summed E-state index contributed by atoms with van der Waals surface area (Å²) >= 11 is 5.67. The standard InChI is InChI=1S/C30H23ClN4O3/c31-18-27(36)35-22-6-4-5-21(17-22)29-26(38-28-15-16-33-19-34-28)14-13-25(30(29)32)20-9-11-24(12-10-20)37-23-7-2-1-3-8-23/h1-17,19H,18,32H2,(H,35,36). The summed E-state index contributed by atoms with van der Waals surface area (Å²) in [6.45, 7) is 0. The predicted molar refractivity (Wildman–Crippen MR) is 150 cm³/mol. The van der Waals surface area contributed by atoms with Crippen molar-refractivity contribution in [2.45, 2.75) is 0 Å². The zero-order chi connectivity index (χ0) is 26.3. The van der Waals surface area contributed by atoms with Crippen molar-refractivity contribution in [3.8, 4) is 45.4 Å². The van der Waals surface area contributed by atoms with Crippen molar-refractivity contribution in [3.05, 3.63) is 110 Å². The van der Waals surface area contributed by atoms with Crippen LogP contribution in [0.15, 0.2) is 110 Å². The molecule has 5 aromatic rings. The number of aromatic nitrogens is 2. The Morgan fingerprint density at radius 2 is 1.63 bits per heavy atom. The highest BCUT2D eigenvalue weighted by molar-refractivity contribution is 6.29. The van der Waals surface area contributed by atoms with Crippen molar-refractivity contribution in [2.24, 2.45) is 0 Å². The summed E-state index contributed by atoms with van der Waals surface area (Å²) in [4.78, 5) is 20.0. The molecule has 0 unspecified atom stereocenters. The summed E-state index contributed by atoms with van der Waals surface area (Å²) in [7, 11) is 0. The lowest BCUT2D eigenvalue weighted by Gasteiger charge is -2.18. The smallest absolute Gasteiger partial charge is 0.239 e. The number of nitrogen functional groups attached to an aromatic ring is 1. The van der Waals surface area contributed by atoms with E-state index >= 15 is 0 Å². The lowest BCUT2D eigenvalue weighted by molar-refractivity contribution is -0.113. The van der Waals surface area contributed by atoms with Crippen molar-refractivity contribution >= 4 is 28.9 Å². The van der Waals surface area contributed by atoms with E-state index in [-0.39, 0.29) is 11.8 Å². The Kier molecular flexibility index (Phi) is 7.47. The molecule has 4 aromatic carbocycles. The van der Waals surface area contributed by atoms with Crippen LogP contribution in [0.25, 0.3) is 22.3 Å². The third-order valence-electron chi connectivity index (χ3n) is 5.68. The first-order chi connectivity index (χ1) is 18.6. The highest BCUT2D eigenvalue weighted by Gasteiger charge is 2.17. The number of alkyl halides is 1. The molecule has 5 rings (SSSR count). The maximum absolute atomic E-state index is 11.9. The first-order valence-electron chi connectivity index (χ1n) is 11.8. The number of ether oxygens (including phenoxy) is 2. The van der Waals surface area contributed by atoms with Crippen LogP contribution in [-0.2, 0) is 4.79 Å². The Balaban J connectivity index is 1.54. The maximum Gasteiger partial charge on any atom is 0.239 e. The van der Waals surface area contributed by atoms with Gasteiger partial charge < -0.3 is 20.5 Å². The fourth-order valence-electron chi connectivity index (χ4n) is 3.96. The van der Waals surface area contributed by atoms with E-state index in [0.717, 1.165) is 22.4 Å². The molecule has 0 fully saturated rings. The van der Waals surface area contributed by atoms with Gasteiger partial charge in [-0.05, 0) is 59.7 Å². The van der Waals surface area contributed by atoms with Gasteiger partial charge >= 0.3 is 0 Å². The van der Waals surface area contributed by atoms with Gasteiger partial charge in [0.25, 0.3) is 0 Å². The van der Waals surface area contributed by atoms with Crippen molar-refractivity contribution in [1.82, 2.24) is 9.97 Å². The maximum atomic E-state index is 11.9. The normalized spacial score (nSPS) is 10.6. The molecule has 7 nitrogen and oxygen atoms in total. The van der Waals surface area contributed by atoms with Crippen LogP contribution in [0.3, 0.4) is 0 Å². The third-order valence-corrected chi connectivity index (χ3v) is 5.92. The lowest BCUT2D eigenvalue weighted by Crippen LogP contribution is -2.12. The molecular weight excluding hydrogens is 500 g/mol. The van der Waals surface area contributed by atoms with Crippen molar-refractivity contribution in [2.75, 3.05) is 16.9 Å². The number of halogens is 1. The summed E-state index contributed by atoms with van der Waals surface area (Å²) in [5.74, 6) is 1.91. The number of hydrogen-bond donors (Lipinski definition) is 2. The molecule has 0 aliphatic carbocycles. The Bertz CT molecular complexity index is 1550. The molecule has 3 N–H and O–H groups in total. The SMILES string of the molecule is Nc1c(-c2ccc(Oc3ccccc3)cc2)ccc(Oc2ccncn2)c1-c1cccc(NC(=O)CCl)c1. The molecule has 0 bridgehead atoms. The highest BCUT2D eigenvalue weighted by atomic mass is 35.5. The summed E-state index contributed by atoms with van der Waals surface area (Å²) in [5, 5.41) is 2.78. The molecule has 0 radical (unpaired) electrons. The number of nitrogens with one attached hydrogen (secondary N) is 1. The molecule has 0 saturated heterocycles. The van der Waals surface area contributed by atoms with Crippen LogP contribution in [0.2, 0.25) is 0 Å². The second-order valence-corrected chi connectivity index (χ2v) is 8.52. The zero-order valence-corrected chi connectivity index (χ0v) is 20.9. The molecule has 1 aromatic heterocycles. The number of hydrogen-bond acceptors (Lipinski definition) is 6. The molecule has 188 valence electrons. The third kappa shape index (κ3) is 5.74. The summed E-state index contributed by atoms with van der Waals surface area (Å²) in [6, 6.07) is 30.0.